The van der Waals surface area contributed by atoms with E-state index in [1.807, 2.05) is 79.7 Å². The molecule has 0 saturated carbocycles. The van der Waals surface area contributed by atoms with Crippen LogP contribution in [0.25, 0.3) is 22.0 Å². The van der Waals surface area contributed by atoms with Crippen molar-refractivity contribution in [3.8, 4) is 11.1 Å². The molecule has 0 unspecified atom stereocenters. The third-order valence-corrected chi connectivity index (χ3v) is 9.23. The summed E-state index contributed by atoms with van der Waals surface area (Å²) in [6.45, 7) is 8.71. The molecule has 0 spiro atoms. The lowest BCUT2D eigenvalue weighted by Gasteiger charge is -2.29. The first-order valence-corrected chi connectivity index (χ1v) is 17.5. The first kappa shape index (κ1) is 37.6. The van der Waals surface area contributed by atoms with E-state index in [1.165, 1.54) is 0 Å². The Morgan fingerprint density at radius 3 is 2.04 bits per heavy atom. The minimum absolute atomic E-state index is 0.00510. The van der Waals surface area contributed by atoms with E-state index in [2.05, 4.69) is 20.9 Å². The van der Waals surface area contributed by atoms with Crippen LogP contribution >= 0.6 is 0 Å². The Balaban J connectivity index is 1.35. The van der Waals surface area contributed by atoms with E-state index in [-0.39, 0.29) is 24.9 Å². The lowest BCUT2D eigenvalue weighted by Crippen LogP contribution is -2.58. The Kier molecular flexibility index (Phi) is 11.7. The van der Waals surface area contributed by atoms with Crippen LogP contribution in [0, 0.1) is 5.92 Å². The van der Waals surface area contributed by atoms with Gasteiger partial charge < -0.3 is 35.5 Å². The molecule has 0 saturated heterocycles. The van der Waals surface area contributed by atoms with Gasteiger partial charge in [-0.2, -0.15) is 0 Å². The molecule has 12 nitrogen and oxygen atoms in total. The summed E-state index contributed by atoms with van der Waals surface area (Å²) in [4.78, 5) is 69.1. The number of benzene rings is 3. The van der Waals surface area contributed by atoms with E-state index in [4.69, 9.17) is 9.47 Å². The summed E-state index contributed by atoms with van der Waals surface area (Å²) in [6, 6.07) is 19.3. The molecule has 4 atom stereocenters. The number of hydrogen-bond donors (Lipinski definition) is 5. The van der Waals surface area contributed by atoms with Gasteiger partial charge in [0.05, 0.1) is 6.42 Å². The van der Waals surface area contributed by atoms with Crippen molar-refractivity contribution < 1.29 is 38.6 Å². The number of ether oxygens (including phenoxy) is 2. The summed E-state index contributed by atoms with van der Waals surface area (Å²) >= 11 is 0. The molecule has 3 aromatic carbocycles. The van der Waals surface area contributed by atoms with E-state index in [1.54, 1.807) is 33.9 Å². The average molecular weight is 711 g/mol. The maximum Gasteiger partial charge on any atom is 0.407 e. The largest absolute Gasteiger partial charge is 0.481 e. The lowest BCUT2D eigenvalue weighted by molar-refractivity contribution is -0.160. The van der Waals surface area contributed by atoms with Crippen LogP contribution in [0.2, 0.25) is 0 Å². The molecule has 5 rings (SSSR count). The van der Waals surface area contributed by atoms with E-state index < -0.39 is 60.0 Å². The Hall–Kier alpha value is -5.65. The maximum atomic E-state index is 14.0. The SMILES string of the molecule is CC[C@H](C)[C@H](NC(=O)[C@H](CC(=O)O)NC(=O)[C@H](Cc1c[nH]c2ccccc12)NC(=O)OCC1c2ccccc2-c2ccccc21)C(=O)OC(C)(C)C. The molecular weight excluding hydrogens is 664 g/mol. The van der Waals surface area contributed by atoms with Gasteiger partial charge in [-0.1, -0.05) is 87.0 Å². The number of carbonyl (C=O) groups excluding carboxylic acids is 4. The second-order valence-corrected chi connectivity index (χ2v) is 14.2. The molecule has 4 aromatic rings. The highest BCUT2D eigenvalue weighted by molar-refractivity contribution is 5.95. The lowest BCUT2D eigenvalue weighted by atomic mass is 9.98. The molecule has 52 heavy (non-hydrogen) atoms. The second kappa shape index (κ2) is 16.1. The van der Waals surface area contributed by atoms with Crippen molar-refractivity contribution in [1.82, 2.24) is 20.9 Å². The Morgan fingerprint density at radius 1 is 0.827 bits per heavy atom. The van der Waals surface area contributed by atoms with Gasteiger partial charge >= 0.3 is 18.0 Å². The first-order valence-electron chi connectivity index (χ1n) is 17.5. The van der Waals surface area contributed by atoms with Gasteiger partial charge in [0.15, 0.2) is 0 Å². The molecule has 1 aliphatic rings. The van der Waals surface area contributed by atoms with E-state index >= 15 is 0 Å². The smallest absolute Gasteiger partial charge is 0.407 e. The zero-order chi connectivity index (χ0) is 37.6. The fourth-order valence-corrected chi connectivity index (χ4v) is 6.46. The number of alkyl carbamates (subject to hydrolysis) is 1. The number of carbonyl (C=O) groups is 5. The van der Waals surface area contributed by atoms with Crippen LogP contribution in [-0.4, -0.2) is 70.3 Å². The summed E-state index contributed by atoms with van der Waals surface area (Å²) in [5.74, 6) is -4.28. The molecule has 12 heteroatoms. The highest BCUT2D eigenvalue weighted by Gasteiger charge is 2.36. The minimum atomic E-state index is -1.58. The first-order chi connectivity index (χ1) is 24.8. The summed E-state index contributed by atoms with van der Waals surface area (Å²) in [5.41, 5.74) is 4.86. The molecule has 5 N–H and O–H groups in total. The molecule has 274 valence electrons. The second-order valence-electron chi connectivity index (χ2n) is 14.2. The number of aliphatic carboxylic acids is 1. The zero-order valence-electron chi connectivity index (χ0n) is 30.0. The molecule has 1 aliphatic carbocycles. The van der Waals surface area contributed by atoms with Gasteiger partial charge in [-0.25, -0.2) is 9.59 Å². The monoisotopic (exact) mass is 710 g/mol. The van der Waals surface area contributed by atoms with Crippen molar-refractivity contribution in [3.63, 3.8) is 0 Å². The number of hydrogen-bond acceptors (Lipinski definition) is 7. The van der Waals surface area contributed by atoms with Crippen LogP contribution in [0.1, 0.15) is 70.1 Å². The Morgan fingerprint density at radius 2 is 1.42 bits per heavy atom. The average Bonchev–Trinajstić information content (AvgIpc) is 3.66. The number of amides is 3. The summed E-state index contributed by atoms with van der Waals surface area (Å²) in [5, 5.41) is 18.3. The fourth-order valence-electron chi connectivity index (χ4n) is 6.46. The third-order valence-electron chi connectivity index (χ3n) is 9.23. The van der Waals surface area contributed by atoms with E-state index in [9.17, 15) is 29.1 Å². The van der Waals surface area contributed by atoms with Crippen molar-refractivity contribution in [2.75, 3.05) is 6.61 Å². The number of para-hydroxylation sites is 1. The van der Waals surface area contributed by atoms with Gasteiger partial charge in [0, 0.05) is 29.4 Å². The van der Waals surface area contributed by atoms with Crippen molar-refractivity contribution in [2.24, 2.45) is 5.92 Å². The van der Waals surface area contributed by atoms with Crippen LogP contribution in [0.15, 0.2) is 79.0 Å². The normalized spacial score (nSPS) is 14.6. The summed E-state index contributed by atoms with van der Waals surface area (Å²) in [7, 11) is 0. The van der Waals surface area contributed by atoms with Crippen molar-refractivity contribution in [2.45, 2.75) is 83.5 Å². The summed E-state index contributed by atoms with van der Waals surface area (Å²) in [6.07, 6.45) is 0.599. The standard InChI is InChI=1S/C40H46N4O8/c1-6-23(2)35(38(49)52-40(3,4)5)44-37(48)33(20-34(45)46)42-36(47)32(19-24-21-41-31-18-12-11-13-25(24)31)43-39(50)51-22-30-28-16-9-7-14-26(28)27-15-8-10-17-29(27)30/h7-18,21,23,30,32-33,35,41H,6,19-20,22H2,1-5H3,(H,42,47)(H,43,50)(H,44,48)(H,45,46)/t23-,32-,33-,35-/m0/s1. The van der Waals surface area contributed by atoms with Crippen molar-refractivity contribution >= 4 is 40.7 Å². The van der Waals surface area contributed by atoms with Gasteiger partial charge in [0.1, 0.15) is 30.3 Å². The predicted molar refractivity (Wildman–Crippen MR) is 195 cm³/mol. The zero-order valence-corrected chi connectivity index (χ0v) is 30.0. The third kappa shape index (κ3) is 8.98. The van der Waals surface area contributed by atoms with Crippen LogP contribution in [0.4, 0.5) is 4.79 Å². The minimum Gasteiger partial charge on any atom is -0.481 e. The molecule has 0 radical (unpaired) electrons. The van der Waals surface area contributed by atoms with Crippen molar-refractivity contribution in [3.05, 3.63) is 95.7 Å². The van der Waals surface area contributed by atoms with Crippen LogP contribution in [0.5, 0.6) is 0 Å². The number of fused-ring (bicyclic) bond motifs is 4. The quantitative estimate of drug-likeness (QED) is 0.107. The number of rotatable bonds is 14. The number of aromatic nitrogens is 1. The number of nitrogens with one attached hydrogen (secondary N) is 4. The van der Waals surface area contributed by atoms with E-state index in [0.29, 0.717) is 12.0 Å². The number of carboxylic acid groups (broad SMARTS) is 1. The van der Waals surface area contributed by atoms with E-state index in [0.717, 1.165) is 33.2 Å². The van der Waals surface area contributed by atoms with Gasteiger partial charge in [0.2, 0.25) is 11.8 Å². The topological polar surface area (TPSA) is 176 Å². The van der Waals surface area contributed by atoms with Gasteiger partial charge in [0.25, 0.3) is 0 Å². The predicted octanol–water partition coefficient (Wildman–Crippen LogP) is 5.45. The Bertz CT molecular complexity index is 1900. The maximum absolute atomic E-state index is 14.0. The van der Waals surface area contributed by atoms with Crippen LogP contribution in [0.3, 0.4) is 0 Å². The Labute approximate surface area is 302 Å². The number of H-pyrrole nitrogens is 1. The van der Waals surface area contributed by atoms with Crippen LogP contribution in [-0.2, 0) is 35.1 Å². The van der Waals surface area contributed by atoms with Crippen LogP contribution < -0.4 is 16.0 Å². The van der Waals surface area contributed by atoms with Gasteiger partial charge in [-0.05, 0) is 60.6 Å². The van der Waals surface area contributed by atoms with Gasteiger partial charge in [-0.3, -0.25) is 14.4 Å². The number of esters is 1. The molecular formula is C40H46N4O8. The fraction of sp³-hybridized carbons (Fsp3) is 0.375. The molecule has 0 bridgehead atoms. The highest BCUT2D eigenvalue weighted by Crippen LogP contribution is 2.44. The molecule has 3 amide bonds. The number of carboxylic acids is 1. The van der Waals surface area contributed by atoms with Crippen molar-refractivity contribution in [1.29, 1.82) is 0 Å². The molecule has 0 aliphatic heterocycles. The molecule has 1 aromatic heterocycles. The molecule has 0 fully saturated rings. The molecule has 1 heterocycles. The summed E-state index contributed by atoms with van der Waals surface area (Å²) < 4.78 is 11.3. The number of aromatic amines is 1. The van der Waals surface area contributed by atoms with Gasteiger partial charge in [-0.15, -0.1) is 0 Å². The highest BCUT2D eigenvalue weighted by atomic mass is 16.6.